The zero-order valence-electron chi connectivity index (χ0n) is 12.6. The molecule has 20 heavy (non-hydrogen) atoms. The highest BCUT2D eigenvalue weighted by Gasteiger charge is 2.32. The zero-order chi connectivity index (χ0) is 15.1. The molecular weight excluding hydrogens is 260 g/mol. The summed E-state index contributed by atoms with van der Waals surface area (Å²) in [5.74, 6) is -1.10. The van der Waals surface area contributed by atoms with Gasteiger partial charge in [0, 0.05) is 19.7 Å². The highest BCUT2D eigenvalue weighted by atomic mass is 16.5. The quantitative estimate of drug-likeness (QED) is 0.779. The van der Waals surface area contributed by atoms with Crippen LogP contribution in [0.4, 0.5) is 4.79 Å². The highest BCUT2D eigenvalue weighted by molar-refractivity contribution is 5.76. The minimum atomic E-state index is -0.764. The smallest absolute Gasteiger partial charge is 0.317 e. The van der Waals surface area contributed by atoms with Crippen molar-refractivity contribution in [2.45, 2.75) is 51.6 Å². The number of hydrogen-bond acceptors (Lipinski definition) is 3. The Bertz CT molecular complexity index is 329. The lowest BCUT2D eigenvalue weighted by Gasteiger charge is -2.37. The molecule has 0 bridgehead atoms. The van der Waals surface area contributed by atoms with Gasteiger partial charge in [-0.1, -0.05) is 13.3 Å². The number of likely N-dealkylation sites (tertiary alicyclic amines) is 1. The number of hydrogen-bond donors (Lipinski definition) is 2. The Kier molecular flexibility index (Phi) is 6.78. The van der Waals surface area contributed by atoms with Gasteiger partial charge in [-0.25, -0.2) is 4.79 Å². The Balaban J connectivity index is 2.52. The molecule has 0 aliphatic carbocycles. The number of aliphatic carboxylic acids is 1. The molecule has 6 nitrogen and oxygen atoms in total. The molecule has 0 radical (unpaired) electrons. The lowest BCUT2D eigenvalue weighted by atomic mass is 9.92. The number of methoxy groups -OCH3 is 1. The largest absolute Gasteiger partial charge is 0.481 e. The molecule has 116 valence electrons. The van der Waals surface area contributed by atoms with Gasteiger partial charge < -0.3 is 20.1 Å². The van der Waals surface area contributed by atoms with Crippen molar-refractivity contribution in [1.29, 1.82) is 0 Å². The number of carboxylic acid groups (broad SMARTS) is 1. The summed E-state index contributed by atoms with van der Waals surface area (Å²) >= 11 is 0. The fraction of sp³-hybridized carbons (Fsp3) is 0.857. The molecule has 2 amide bonds. The van der Waals surface area contributed by atoms with E-state index >= 15 is 0 Å². The first-order chi connectivity index (χ1) is 9.49. The lowest BCUT2D eigenvalue weighted by Crippen LogP contribution is -2.53. The molecule has 0 spiro atoms. The fourth-order valence-electron chi connectivity index (χ4n) is 2.70. The first-order valence-electron chi connectivity index (χ1n) is 7.28. The minimum Gasteiger partial charge on any atom is -0.481 e. The molecule has 6 heteroatoms. The van der Waals surface area contributed by atoms with Crippen molar-refractivity contribution in [3.05, 3.63) is 0 Å². The number of urea groups is 1. The van der Waals surface area contributed by atoms with Crippen LogP contribution in [0.5, 0.6) is 0 Å². The molecule has 0 saturated carbocycles. The standard InChI is InChI=1S/C14H26N2O4/c1-4-5-12(9-20-3)15-14(19)16-7-6-11(13(17)18)8-10(16)2/h10-12H,4-9H2,1-3H3,(H,15,19)(H,17,18). The van der Waals surface area contributed by atoms with Gasteiger partial charge in [0.2, 0.25) is 0 Å². The van der Waals surface area contributed by atoms with Gasteiger partial charge in [0.1, 0.15) is 0 Å². The van der Waals surface area contributed by atoms with E-state index < -0.39 is 5.97 Å². The van der Waals surface area contributed by atoms with Crippen LogP contribution >= 0.6 is 0 Å². The number of amides is 2. The summed E-state index contributed by atoms with van der Waals surface area (Å²) in [6, 6.07) is -0.145. The molecule has 1 saturated heterocycles. The van der Waals surface area contributed by atoms with Crippen molar-refractivity contribution < 1.29 is 19.4 Å². The van der Waals surface area contributed by atoms with Crippen LogP contribution in [0.2, 0.25) is 0 Å². The normalized spacial score (nSPS) is 24.2. The fourth-order valence-corrected chi connectivity index (χ4v) is 2.70. The molecule has 2 N–H and O–H groups in total. The molecule has 0 aromatic rings. The van der Waals surface area contributed by atoms with Crippen molar-refractivity contribution in [2.75, 3.05) is 20.3 Å². The Morgan fingerprint density at radius 1 is 1.50 bits per heavy atom. The summed E-state index contributed by atoms with van der Waals surface area (Å²) in [6.07, 6.45) is 2.89. The van der Waals surface area contributed by atoms with Gasteiger partial charge in [-0.15, -0.1) is 0 Å². The van der Waals surface area contributed by atoms with Crippen LogP contribution in [0.1, 0.15) is 39.5 Å². The molecule has 3 unspecified atom stereocenters. The number of carbonyl (C=O) groups is 2. The molecule has 1 rings (SSSR count). The maximum atomic E-state index is 12.3. The summed E-state index contributed by atoms with van der Waals surface area (Å²) < 4.78 is 5.11. The second-order valence-corrected chi connectivity index (χ2v) is 5.49. The number of carbonyl (C=O) groups excluding carboxylic acids is 1. The molecule has 1 fully saturated rings. The molecule has 1 aliphatic heterocycles. The van der Waals surface area contributed by atoms with Crippen molar-refractivity contribution in [3.63, 3.8) is 0 Å². The summed E-state index contributed by atoms with van der Waals surface area (Å²) in [5, 5.41) is 12.0. The van der Waals surface area contributed by atoms with Gasteiger partial charge in [-0.2, -0.15) is 0 Å². The molecule has 1 aliphatic rings. The van der Waals surface area contributed by atoms with Crippen LogP contribution in [0.15, 0.2) is 0 Å². The number of nitrogens with zero attached hydrogens (tertiary/aromatic N) is 1. The van der Waals surface area contributed by atoms with Crippen LogP contribution in [-0.4, -0.2) is 54.4 Å². The monoisotopic (exact) mass is 286 g/mol. The van der Waals surface area contributed by atoms with E-state index in [0.29, 0.717) is 26.0 Å². The average molecular weight is 286 g/mol. The van der Waals surface area contributed by atoms with E-state index in [-0.39, 0.29) is 24.0 Å². The van der Waals surface area contributed by atoms with E-state index in [9.17, 15) is 9.59 Å². The summed E-state index contributed by atoms with van der Waals surface area (Å²) in [6.45, 7) is 4.96. The van der Waals surface area contributed by atoms with Crippen LogP contribution in [-0.2, 0) is 9.53 Å². The number of carboxylic acids is 1. The van der Waals surface area contributed by atoms with E-state index in [4.69, 9.17) is 9.84 Å². The SMILES string of the molecule is CCCC(COC)NC(=O)N1CCC(C(=O)O)CC1C. The molecule has 0 aromatic heterocycles. The predicted molar refractivity (Wildman–Crippen MR) is 75.6 cm³/mol. The van der Waals surface area contributed by atoms with Crippen molar-refractivity contribution >= 4 is 12.0 Å². The Morgan fingerprint density at radius 3 is 2.70 bits per heavy atom. The van der Waals surface area contributed by atoms with Gasteiger partial charge in [-0.05, 0) is 26.2 Å². The van der Waals surface area contributed by atoms with E-state index in [2.05, 4.69) is 12.2 Å². The first-order valence-corrected chi connectivity index (χ1v) is 7.28. The zero-order valence-corrected chi connectivity index (χ0v) is 12.6. The topological polar surface area (TPSA) is 78.9 Å². The lowest BCUT2D eigenvalue weighted by molar-refractivity contribution is -0.143. The Morgan fingerprint density at radius 2 is 2.20 bits per heavy atom. The van der Waals surface area contributed by atoms with Crippen LogP contribution in [0.25, 0.3) is 0 Å². The Labute approximate surface area is 120 Å². The van der Waals surface area contributed by atoms with Gasteiger partial charge in [0.15, 0.2) is 0 Å². The molecule has 1 heterocycles. The second-order valence-electron chi connectivity index (χ2n) is 5.49. The van der Waals surface area contributed by atoms with Crippen molar-refractivity contribution in [3.8, 4) is 0 Å². The number of nitrogens with one attached hydrogen (secondary N) is 1. The van der Waals surface area contributed by atoms with E-state index in [1.54, 1.807) is 12.0 Å². The third kappa shape index (κ3) is 4.67. The summed E-state index contributed by atoms with van der Waals surface area (Å²) in [7, 11) is 1.62. The number of rotatable bonds is 6. The van der Waals surface area contributed by atoms with Gasteiger partial charge in [0.25, 0.3) is 0 Å². The van der Waals surface area contributed by atoms with Crippen molar-refractivity contribution in [1.82, 2.24) is 10.2 Å². The predicted octanol–water partition coefficient (Wildman–Crippen LogP) is 1.70. The maximum absolute atomic E-state index is 12.3. The van der Waals surface area contributed by atoms with Gasteiger partial charge >= 0.3 is 12.0 Å². The first kappa shape index (κ1) is 16.8. The second kappa shape index (κ2) is 8.09. The number of ether oxygens (including phenoxy) is 1. The van der Waals surface area contributed by atoms with E-state index in [1.165, 1.54) is 0 Å². The van der Waals surface area contributed by atoms with Crippen LogP contribution in [0.3, 0.4) is 0 Å². The van der Waals surface area contributed by atoms with E-state index in [1.807, 2.05) is 6.92 Å². The van der Waals surface area contributed by atoms with Gasteiger partial charge in [0.05, 0.1) is 18.6 Å². The molecule has 0 aromatic carbocycles. The third-order valence-corrected chi connectivity index (χ3v) is 3.82. The molecular formula is C14H26N2O4. The number of piperidine rings is 1. The van der Waals surface area contributed by atoms with Crippen LogP contribution in [0, 0.1) is 5.92 Å². The summed E-state index contributed by atoms with van der Waals surface area (Å²) in [5.41, 5.74) is 0. The Hall–Kier alpha value is -1.30. The highest BCUT2D eigenvalue weighted by Crippen LogP contribution is 2.23. The van der Waals surface area contributed by atoms with E-state index in [0.717, 1.165) is 12.8 Å². The summed E-state index contributed by atoms with van der Waals surface area (Å²) in [4.78, 5) is 25.0. The van der Waals surface area contributed by atoms with Crippen LogP contribution < -0.4 is 5.32 Å². The average Bonchev–Trinajstić information content (AvgIpc) is 2.38. The maximum Gasteiger partial charge on any atom is 0.317 e. The van der Waals surface area contributed by atoms with Gasteiger partial charge in [-0.3, -0.25) is 4.79 Å². The van der Waals surface area contributed by atoms with Crippen molar-refractivity contribution in [2.24, 2.45) is 5.92 Å². The third-order valence-electron chi connectivity index (χ3n) is 3.82. The molecule has 3 atom stereocenters. The minimum absolute atomic E-state index is 0.0156.